The van der Waals surface area contributed by atoms with Gasteiger partial charge in [0.2, 0.25) is 11.8 Å². The fourth-order valence-electron chi connectivity index (χ4n) is 3.04. The summed E-state index contributed by atoms with van der Waals surface area (Å²) in [5, 5.41) is 3.42. The van der Waals surface area contributed by atoms with Crippen LogP contribution >= 0.6 is 11.6 Å². The number of likely N-dealkylation sites (tertiary alicyclic amines) is 1. The van der Waals surface area contributed by atoms with Crippen molar-refractivity contribution in [1.29, 1.82) is 0 Å². The highest BCUT2D eigenvalue weighted by Crippen LogP contribution is 2.24. The number of carbonyl (C=O) groups excluding carboxylic acids is 2. The normalized spacial score (nSPS) is 16.8. The van der Waals surface area contributed by atoms with Crippen molar-refractivity contribution >= 4 is 29.1 Å². The summed E-state index contributed by atoms with van der Waals surface area (Å²) in [5.74, 6) is -0.865. The summed E-state index contributed by atoms with van der Waals surface area (Å²) in [6.45, 7) is 2.80. The molecule has 0 radical (unpaired) electrons. The zero-order valence-corrected chi connectivity index (χ0v) is 15.2. The maximum atomic E-state index is 12.9. The van der Waals surface area contributed by atoms with Crippen molar-refractivity contribution in [2.24, 2.45) is 5.92 Å². The Kier molecular flexibility index (Phi) is 5.57. The van der Waals surface area contributed by atoms with Gasteiger partial charge in [-0.3, -0.25) is 9.59 Å². The van der Waals surface area contributed by atoms with Crippen molar-refractivity contribution < 1.29 is 14.0 Å². The van der Waals surface area contributed by atoms with Gasteiger partial charge < -0.3 is 10.2 Å². The lowest BCUT2D eigenvalue weighted by Gasteiger charge is -2.17. The van der Waals surface area contributed by atoms with Crippen LogP contribution in [0.5, 0.6) is 0 Å². The molecule has 6 heteroatoms. The van der Waals surface area contributed by atoms with Crippen molar-refractivity contribution in [1.82, 2.24) is 4.90 Å². The molecule has 1 N–H and O–H groups in total. The molecule has 0 spiro atoms. The molecule has 2 amide bonds. The van der Waals surface area contributed by atoms with E-state index in [9.17, 15) is 14.0 Å². The number of nitrogens with one attached hydrogen (secondary N) is 1. The average Bonchev–Trinajstić information content (AvgIpc) is 2.99. The van der Waals surface area contributed by atoms with Gasteiger partial charge in [-0.15, -0.1) is 0 Å². The fraction of sp³-hybridized carbons (Fsp3) is 0.300. The number of nitrogens with zero attached hydrogens (tertiary/aromatic N) is 1. The van der Waals surface area contributed by atoms with Gasteiger partial charge in [0.25, 0.3) is 0 Å². The molecule has 1 fully saturated rings. The summed E-state index contributed by atoms with van der Waals surface area (Å²) >= 11 is 5.98. The number of halogens is 2. The van der Waals surface area contributed by atoms with E-state index in [1.54, 1.807) is 29.2 Å². The number of hydrogen-bond donors (Lipinski definition) is 1. The lowest BCUT2D eigenvalue weighted by molar-refractivity contribution is -0.128. The highest BCUT2D eigenvalue weighted by molar-refractivity contribution is 6.31. The second kappa shape index (κ2) is 7.87. The molecule has 1 heterocycles. The third-order valence-electron chi connectivity index (χ3n) is 4.63. The van der Waals surface area contributed by atoms with Crippen LogP contribution in [0.2, 0.25) is 5.02 Å². The first-order valence-electron chi connectivity index (χ1n) is 8.51. The van der Waals surface area contributed by atoms with E-state index in [4.69, 9.17) is 11.6 Å². The van der Waals surface area contributed by atoms with Gasteiger partial charge in [-0.2, -0.15) is 0 Å². The van der Waals surface area contributed by atoms with E-state index in [0.29, 0.717) is 30.2 Å². The SMILES string of the molecule is Cc1ccc(Cl)cc1NC(=O)[C@H]1CC(=O)N(CCc2ccc(F)cc2)C1. The van der Waals surface area contributed by atoms with Crippen molar-refractivity contribution in [3.63, 3.8) is 0 Å². The van der Waals surface area contributed by atoms with E-state index in [1.807, 2.05) is 13.0 Å². The van der Waals surface area contributed by atoms with Crippen LogP contribution in [0.25, 0.3) is 0 Å². The highest BCUT2D eigenvalue weighted by Gasteiger charge is 2.34. The van der Waals surface area contributed by atoms with Gasteiger partial charge >= 0.3 is 0 Å². The van der Waals surface area contributed by atoms with E-state index in [0.717, 1.165) is 11.1 Å². The average molecular weight is 375 g/mol. The Morgan fingerprint density at radius 2 is 2.00 bits per heavy atom. The first kappa shape index (κ1) is 18.4. The lowest BCUT2D eigenvalue weighted by atomic mass is 10.1. The Morgan fingerprint density at radius 1 is 1.27 bits per heavy atom. The molecule has 0 aromatic heterocycles. The predicted octanol–water partition coefficient (Wildman–Crippen LogP) is 3.82. The number of carbonyl (C=O) groups is 2. The lowest BCUT2D eigenvalue weighted by Crippen LogP contribution is -2.30. The quantitative estimate of drug-likeness (QED) is 0.865. The number of benzene rings is 2. The standard InChI is InChI=1S/C20H20ClFN2O2/c1-13-2-5-16(21)11-18(13)23-20(26)15-10-19(25)24(12-15)9-8-14-3-6-17(22)7-4-14/h2-7,11,15H,8-10,12H2,1H3,(H,23,26)/t15-/m0/s1. The zero-order chi connectivity index (χ0) is 18.7. The second-order valence-electron chi connectivity index (χ2n) is 6.57. The summed E-state index contributed by atoms with van der Waals surface area (Å²) < 4.78 is 12.9. The molecule has 0 unspecified atom stereocenters. The molecular formula is C20H20ClFN2O2. The number of anilines is 1. The minimum absolute atomic E-state index is 0.0323. The molecule has 0 saturated carbocycles. The number of aryl methyl sites for hydroxylation is 1. The maximum Gasteiger partial charge on any atom is 0.229 e. The second-order valence-corrected chi connectivity index (χ2v) is 7.00. The largest absolute Gasteiger partial charge is 0.342 e. The molecule has 2 aromatic rings. The molecule has 1 aliphatic rings. The van der Waals surface area contributed by atoms with Gasteiger partial charge in [0, 0.05) is 30.2 Å². The topological polar surface area (TPSA) is 49.4 Å². The van der Waals surface area contributed by atoms with Gasteiger partial charge in [-0.1, -0.05) is 29.8 Å². The molecule has 1 saturated heterocycles. The van der Waals surface area contributed by atoms with Crippen LogP contribution in [0.15, 0.2) is 42.5 Å². The third-order valence-corrected chi connectivity index (χ3v) is 4.86. The molecule has 26 heavy (non-hydrogen) atoms. The van der Waals surface area contributed by atoms with Gasteiger partial charge in [-0.05, 0) is 48.7 Å². The monoisotopic (exact) mass is 374 g/mol. The van der Waals surface area contributed by atoms with Crippen LogP contribution in [-0.4, -0.2) is 29.8 Å². The molecular weight excluding hydrogens is 355 g/mol. The smallest absolute Gasteiger partial charge is 0.229 e. The Labute approximate surface area is 157 Å². The molecule has 2 aromatic carbocycles. The summed E-state index contributed by atoms with van der Waals surface area (Å²) in [5.41, 5.74) is 2.54. The van der Waals surface area contributed by atoms with Gasteiger partial charge in [0.1, 0.15) is 5.82 Å². The molecule has 0 aliphatic carbocycles. The summed E-state index contributed by atoms with van der Waals surface area (Å²) in [7, 11) is 0. The summed E-state index contributed by atoms with van der Waals surface area (Å²) in [4.78, 5) is 26.4. The predicted molar refractivity (Wildman–Crippen MR) is 99.6 cm³/mol. The fourth-order valence-corrected chi connectivity index (χ4v) is 3.21. The highest BCUT2D eigenvalue weighted by atomic mass is 35.5. The molecule has 4 nitrogen and oxygen atoms in total. The van der Waals surface area contributed by atoms with Gasteiger partial charge in [0.15, 0.2) is 0 Å². The van der Waals surface area contributed by atoms with Crippen molar-refractivity contribution in [2.75, 3.05) is 18.4 Å². The van der Waals surface area contributed by atoms with E-state index in [-0.39, 0.29) is 30.0 Å². The zero-order valence-electron chi connectivity index (χ0n) is 14.5. The van der Waals surface area contributed by atoms with Crippen LogP contribution in [-0.2, 0) is 16.0 Å². The van der Waals surface area contributed by atoms with Crippen LogP contribution < -0.4 is 5.32 Å². The van der Waals surface area contributed by atoms with Crippen LogP contribution in [0.3, 0.4) is 0 Å². The third kappa shape index (κ3) is 4.41. The molecule has 1 atom stereocenters. The van der Waals surface area contributed by atoms with Crippen LogP contribution in [0.1, 0.15) is 17.5 Å². The van der Waals surface area contributed by atoms with Crippen LogP contribution in [0.4, 0.5) is 10.1 Å². The Balaban J connectivity index is 1.57. The first-order chi connectivity index (χ1) is 12.4. The molecule has 0 bridgehead atoms. The van der Waals surface area contributed by atoms with E-state index in [1.165, 1.54) is 12.1 Å². The number of amides is 2. The Morgan fingerprint density at radius 3 is 2.73 bits per heavy atom. The Hall–Kier alpha value is -2.40. The van der Waals surface area contributed by atoms with E-state index < -0.39 is 0 Å². The van der Waals surface area contributed by atoms with Gasteiger partial charge in [-0.25, -0.2) is 4.39 Å². The summed E-state index contributed by atoms with van der Waals surface area (Å²) in [6, 6.07) is 11.5. The van der Waals surface area contributed by atoms with Crippen molar-refractivity contribution in [3.05, 3.63) is 64.4 Å². The minimum Gasteiger partial charge on any atom is -0.342 e. The van der Waals surface area contributed by atoms with E-state index >= 15 is 0 Å². The van der Waals surface area contributed by atoms with Crippen LogP contribution in [0, 0.1) is 18.7 Å². The molecule has 3 rings (SSSR count). The number of hydrogen-bond acceptors (Lipinski definition) is 2. The molecule has 136 valence electrons. The molecule has 1 aliphatic heterocycles. The maximum absolute atomic E-state index is 12.9. The minimum atomic E-state index is -0.380. The van der Waals surface area contributed by atoms with Crippen molar-refractivity contribution in [3.8, 4) is 0 Å². The van der Waals surface area contributed by atoms with Gasteiger partial charge in [0.05, 0.1) is 5.92 Å². The van der Waals surface area contributed by atoms with E-state index in [2.05, 4.69) is 5.32 Å². The summed E-state index contributed by atoms with van der Waals surface area (Å²) in [6.07, 6.45) is 0.836. The Bertz CT molecular complexity index is 823. The van der Waals surface area contributed by atoms with Crippen molar-refractivity contribution in [2.45, 2.75) is 19.8 Å². The number of rotatable bonds is 5. The first-order valence-corrected chi connectivity index (χ1v) is 8.89.